The van der Waals surface area contributed by atoms with E-state index in [-0.39, 0.29) is 18.9 Å². The minimum atomic E-state index is -4.02. The molecule has 1 N–H and O–H groups in total. The van der Waals surface area contributed by atoms with E-state index in [9.17, 15) is 18.0 Å². The summed E-state index contributed by atoms with van der Waals surface area (Å²) in [5, 5.41) is 2.68. The van der Waals surface area contributed by atoms with E-state index in [2.05, 4.69) is 5.32 Å². The number of carbonyl (C=O) groups excluding carboxylic acids is 2. The Hall–Kier alpha value is -3.69. The molecule has 0 aliphatic heterocycles. The molecule has 1 atom stereocenters. The molecule has 38 heavy (non-hydrogen) atoms. The van der Waals surface area contributed by atoms with Crippen molar-refractivity contribution in [1.29, 1.82) is 0 Å². The third-order valence-corrected chi connectivity index (χ3v) is 8.17. The van der Waals surface area contributed by atoms with E-state index >= 15 is 0 Å². The molecule has 9 heteroatoms. The third-order valence-electron chi connectivity index (χ3n) is 6.37. The predicted molar refractivity (Wildman–Crippen MR) is 151 cm³/mol. The van der Waals surface area contributed by atoms with Crippen molar-refractivity contribution in [2.24, 2.45) is 0 Å². The Balaban J connectivity index is 2.08. The van der Waals surface area contributed by atoms with Crippen molar-refractivity contribution in [3.63, 3.8) is 0 Å². The maximum atomic E-state index is 14.1. The molecule has 202 valence electrons. The van der Waals surface area contributed by atoms with Crippen molar-refractivity contribution in [2.45, 2.75) is 32.9 Å². The van der Waals surface area contributed by atoms with E-state index in [1.807, 2.05) is 86.6 Å². The molecule has 3 aromatic rings. The Morgan fingerprint density at radius 3 is 2.00 bits per heavy atom. The van der Waals surface area contributed by atoms with Crippen molar-refractivity contribution in [1.82, 2.24) is 14.5 Å². The van der Waals surface area contributed by atoms with Crippen LogP contribution in [0.3, 0.4) is 0 Å². The van der Waals surface area contributed by atoms with Crippen LogP contribution in [-0.4, -0.2) is 63.2 Å². The van der Waals surface area contributed by atoms with Crippen LogP contribution in [0.4, 0.5) is 5.69 Å². The van der Waals surface area contributed by atoms with Gasteiger partial charge in [-0.3, -0.25) is 9.59 Å². The Morgan fingerprint density at radius 1 is 0.868 bits per heavy atom. The van der Waals surface area contributed by atoms with Crippen LogP contribution in [0.15, 0.2) is 78.9 Å². The van der Waals surface area contributed by atoms with E-state index < -0.39 is 28.7 Å². The molecule has 0 radical (unpaired) electrons. The quantitative estimate of drug-likeness (QED) is 0.407. The van der Waals surface area contributed by atoms with E-state index in [0.717, 1.165) is 30.9 Å². The van der Waals surface area contributed by atoms with Crippen LogP contribution in [0.1, 0.15) is 22.3 Å². The Labute approximate surface area is 226 Å². The first-order chi connectivity index (χ1) is 18.0. The second-order valence-corrected chi connectivity index (χ2v) is 11.5. The van der Waals surface area contributed by atoms with Crippen molar-refractivity contribution < 1.29 is 18.0 Å². The van der Waals surface area contributed by atoms with E-state index in [4.69, 9.17) is 0 Å². The number of amides is 2. The summed E-state index contributed by atoms with van der Waals surface area (Å²) < 4.78 is 29.1. The highest BCUT2D eigenvalue weighted by atomic mass is 32.2. The van der Waals surface area contributed by atoms with E-state index in [0.29, 0.717) is 5.69 Å². The van der Waals surface area contributed by atoms with E-state index in [1.54, 1.807) is 6.07 Å². The molecule has 0 heterocycles. The van der Waals surface area contributed by atoms with Gasteiger partial charge in [-0.2, -0.15) is 12.7 Å². The highest BCUT2D eigenvalue weighted by molar-refractivity contribution is 7.90. The minimum Gasteiger partial charge on any atom is -0.357 e. The molecular formula is C29H36N4O4S. The largest absolute Gasteiger partial charge is 0.357 e. The molecule has 0 saturated carbocycles. The summed E-state index contributed by atoms with van der Waals surface area (Å²) in [7, 11) is 0.374. The first-order valence-corrected chi connectivity index (χ1v) is 13.8. The highest BCUT2D eigenvalue weighted by Gasteiger charge is 2.34. The molecule has 0 bridgehead atoms. The molecule has 0 aliphatic carbocycles. The molecule has 0 fully saturated rings. The molecule has 2 amide bonds. The smallest absolute Gasteiger partial charge is 0.304 e. The number of hydrogen-bond donors (Lipinski definition) is 1. The molecular weight excluding hydrogens is 500 g/mol. The van der Waals surface area contributed by atoms with Gasteiger partial charge in [0.05, 0.1) is 5.69 Å². The number of anilines is 1. The normalized spacial score (nSPS) is 12.2. The zero-order valence-corrected chi connectivity index (χ0v) is 23.4. The summed E-state index contributed by atoms with van der Waals surface area (Å²) in [5.74, 6) is -0.809. The lowest BCUT2D eigenvalue weighted by molar-refractivity contribution is -0.139. The first kappa shape index (κ1) is 28.9. The fourth-order valence-corrected chi connectivity index (χ4v) is 5.30. The van der Waals surface area contributed by atoms with Gasteiger partial charge in [0, 0.05) is 34.1 Å². The average molecular weight is 537 g/mol. The second-order valence-electron chi connectivity index (χ2n) is 9.41. The number of rotatable bonds is 11. The molecule has 0 aliphatic rings. The first-order valence-electron chi connectivity index (χ1n) is 12.4. The number of likely N-dealkylation sites (N-methyl/N-ethyl adjacent to an activating group) is 1. The van der Waals surface area contributed by atoms with Gasteiger partial charge in [-0.1, -0.05) is 72.8 Å². The fourth-order valence-electron chi connectivity index (χ4n) is 4.19. The van der Waals surface area contributed by atoms with Gasteiger partial charge in [0.15, 0.2) is 0 Å². The van der Waals surface area contributed by atoms with Gasteiger partial charge in [-0.25, -0.2) is 4.31 Å². The van der Waals surface area contributed by atoms with Gasteiger partial charge in [-0.15, -0.1) is 0 Å². The van der Waals surface area contributed by atoms with E-state index in [1.165, 1.54) is 26.0 Å². The van der Waals surface area contributed by atoms with Gasteiger partial charge in [0.2, 0.25) is 11.8 Å². The number of hydrogen-bond acceptors (Lipinski definition) is 4. The van der Waals surface area contributed by atoms with Crippen molar-refractivity contribution in [3.8, 4) is 0 Å². The summed E-state index contributed by atoms with van der Waals surface area (Å²) >= 11 is 0. The van der Waals surface area contributed by atoms with Crippen LogP contribution in [0.5, 0.6) is 0 Å². The summed E-state index contributed by atoms with van der Waals surface area (Å²) in [6, 6.07) is 23.4. The molecule has 0 spiro atoms. The van der Waals surface area contributed by atoms with Crippen LogP contribution in [-0.2, 0) is 32.8 Å². The lowest BCUT2D eigenvalue weighted by atomic mass is 10.0. The zero-order chi connectivity index (χ0) is 27.9. The average Bonchev–Trinajstić information content (AvgIpc) is 2.91. The number of nitrogens with zero attached hydrogens (tertiary/aromatic N) is 3. The minimum absolute atomic E-state index is 0.146. The lowest BCUT2D eigenvalue weighted by Crippen LogP contribution is -2.54. The molecule has 0 unspecified atom stereocenters. The third kappa shape index (κ3) is 6.99. The van der Waals surface area contributed by atoms with Crippen molar-refractivity contribution in [2.75, 3.05) is 32.0 Å². The maximum absolute atomic E-state index is 14.1. The van der Waals surface area contributed by atoms with Crippen molar-refractivity contribution in [3.05, 3.63) is 101 Å². The van der Waals surface area contributed by atoms with Gasteiger partial charge in [-0.05, 0) is 42.2 Å². The molecule has 3 aromatic carbocycles. The number of benzene rings is 3. The van der Waals surface area contributed by atoms with Crippen LogP contribution in [0, 0.1) is 13.8 Å². The molecule has 8 nitrogen and oxygen atoms in total. The van der Waals surface area contributed by atoms with Gasteiger partial charge in [0.25, 0.3) is 0 Å². The lowest BCUT2D eigenvalue weighted by Gasteiger charge is -2.34. The number of nitrogens with one attached hydrogen (secondary N) is 1. The second kappa shape index (κ2) is 12.7. The SMILES string of the molecule is CNC(=O)[C@H](Cc1ccccc1)N(Cc1ccccc1)C(=O)CN(c1cc(C)ccc1C)S(=O)(=O)N(C)C. The molecule has 0 saturated heterocycles. The van der Waals surface area contributed by atoms with Crippen LogP contribution >= 0.6 is 0 Å². The van der Waals surface area contributed by atoms with Crippen LogP contribution < -0.4 is 9.62 Å². The van der Waals surface area contributed by atoms with Crippen molar-refractivity contribution >= 4 is 27.7 Å². The highest BCUT2D eigenvalue weighted by Crippen LogP contribution is 2.26. The number of carbonyl (C=O) groups is 2. The summed E-state index contributed by atoms with van der Waals surface area (Å²) in [4.78, 5) is 28.7. The summed E-state index contributed by atoms with van der Waals surface area (Å²) in [6.45, 7) is 3.36. The molecule has 3 rings (SSSR count). The Bertz CT molecular complexity index is 1350. The van der Waals surface area contributed by atoms with Gasteiger partial charge >= 0.3 is 10.2 Å². The van der Waals surface area contributed by atoms with Gasteiger partial charge in [0.1, 0.15) is 12.6 Å². The van der Waals surface area contributed by atoms with Crippen LogP contribution in [0.2, 0.25) is 0 Å². The predicted octanol–water partition coefficient (Wildman–Crippen LogP) is 3.30. The fraction of sp³-hybridized carbons (Fsp3) is 0.310. The van der Waals surface area contributed by atoms with Gasteiger partial charge < -0.3 is 10.2 Å². The Morgan fingerprint density at radius 2 is 1.45 bits per heavy atom. The maximum Gasteiger partial charge on any atom is 0.304 e. The topological polar surface area (TPSA) is 90.0 Å². The molecule has 0 aromatic heterocycles. The summed E-state index contributed by atoms with van der Waals surface area (Å²) in [5.41, 5.74) is 3.73. The standard InChI is InChI=1S/C29H36N4O4S/c1-22-16-17-23(2)26(18-22)33(38(36,37)31(4)5)21-28(34)32(20-25-14-10-7-11-15-25)27(29(35)30-3)19-24-12-8-6-9-13-24/h6-18,27H,19-21H2,1-5H3,(H,30,35)/t27-/m0/s1. The van der Waals surface area contributed by atoms with Crippen LogP contribution in [0.25, 0.3) is 0 Å². The number of aryl methyl sites for hydroxylation is 2. The Kier molecular flexibility index (Phi) is 9.66. The summed E-state index contributed by atoms with van der Waals surface area (Å²) in [6.07, 6.45) is 0.281. The zero-order valence-electron chi connectivity index (χ0n) is 22.6. The monoisotopic (exact) mass is 536 g/mol.